The van der Waals surface area contributed by atoms with Gasteiger partial charge >= 0.3 is 0 Å². The summed E-state index contributed by atoms with van der Waals surface area (Å²) >= 11 is 5.95. The lowest BCUT2D eigenvalue weighted by Gasteiger charge is -2.29. The third kappa shape index (κ3) is 3.37. The van der Waals surface area contributed by atoms with Crippen molar-refractivity contribution in [1.82, 2.24) is 10.1 Å². The van der Waals surface area contributed by atoms with Crippen LogP contribution in [0.1, 0.15) is 23.3 Å². The largest absolute Gasteiger partial charge is 0.369 e. The normalized spacial score (nSPS) is 15.6. The van der Waals surface area contributed by atoms with E-state index in [4.69, 9.17) is 21.9 Å². The minimum Gasteiger partial charge on any atom is -0.369 e. The Morgan fingerprint density at radius 3 is 2.65 bits per heavy atom. The summed E-state index contributed by atoms with van der Waals surface area (Å²) < 4.78 is 5.25. The van der Waals surface area contributed by atoms with E-state index in [2.05, 4.69) is 5.16 Å². The first-order chi connectivity index (χ1) is 11.0. The maximum absolute atomic E-state index is 12.4. The molecule has 0 spiro atoms. The molecule has 0 unspecified atom stereocenters. The van der Waals surface area contributed by atoms with E-state index in [1.54, 1.807) is 29.2 Å². The van der Waals surface area contributed by atoms with E-state index in [1.807, 2.05) is 6.07 Å². The topological polar surface area (TPSA) is 89.4 Å². The second-order valence-electron chi connectivity index (χ2n) is 5.56. The zero-order valence-corrected chi connectivity index (χ0v) is 13.1. The fourth-order valence-electron chi connectivity index (χ4n) is 2.68. The molecule has 0 atom stereocenters. The number of likely N-dealkylation sites (tertiary alicyclic amines) is 1. The molecular formula is C16H16ClN3O3. The van der Waals surface area contributed by atoms with Gasteiger partial charge in [0.05, 0.1) is 0 Å². The van der Waals surface area contributed by atoms with Crippen LogP contribution < -0.4 is 5.73 Å². The Labute approximate surface area is 138 Å². The van der Waals surface area contributed by atoms with Crippen LogP contribution >= 0.6 is 11.6 Å². The smallest absolute Gasteiger partial charge is 0.276 e. The van der Waals surface area contributed by atoms with E-state index in [0.717, 1.165) is 5.56 Å². The van der Waals surface area contributed by atoms with Crippen LogP contribution in [-0.2, 0) is 4.79 Å². The Morgan fingerprint density at radius 1 is 1.26 bits per heavy atom. The maximum Gasteiger partial charge on any atom is 0.276 e. The molecule has 2 N–H and O–H groups in total. The molecule has 7 heteroatoms. The minimum absolute atomic E-state index is 0.154. The fourth-order valence-corrected chi connectivity index (χ4v) is 2.87. The van der Waals surface area contributed by atoms with Crippen LogP contribution in [0.4, 0.5) is 0 Å². The van der Waals surface area contributed by atoms with Gasteiger partial charge in [-0.05, 0) is 25.0 Å². The summed E-state index contributed by atoms with van der Waals surface area (Å²) in [6, 6.07) is 8.74. The average molecular weight is 334 g/mol. The van der Waals surface area contributed by atoms with Crippen molar-refractivity contribution in [1.29, 1.82) is 0 Å². The highest BCUT2D eigenvalue weighted by molar-refractivity contribution is 6.30. The molecule has 6 nitrogen and oxygen atoms in total. The molecule has 3 rings (SSSR count). The number of halogens is 1. The summed E-state index contributed by atoms with van der Waals surface area (Å²) in [4.78, 5) is 25.3. The van der Waals surface area contributed by atoms with Gasteiger partial charge in [0.25, 0.3) is 5.91 Å². The number of carbonyl (C=O) groups excluding carboxylic acids is 2. The Hall–Kier alpha value is -2.34. The van der Waals surface area contributed by atoms with Crippen LogP contribution in [0.3, 0.4) is 0 Å². The summed E-state index contributed by atoms with van der Waals surface area (Å²) in [5.41, 5.74) is 6.31. The predicted molar refractivity (Wildman–Crippen MR) is 84.8 cm³/mol. The van der Waals surface area contributed by atoms with Gasteiger partial charge in [-0.2, -0.15) is 0 Å². The van der Waals surface area contributed by atoms with E-state index in [9.17, 15) is 9.59 Å². The number of benzene rings is 1. The highest BCUT2D eigenvalue weighted by atomic mass is 35.5. The second kappa shape index (κ2) is 6.42. The lowest BCUT2D eigenvalue weighted by molar-refractivity contribution is -0.123. The number of primary amides is 1. The number of nitrogens with zero attached hydrogens (tertiary/aromatic N) is 2. The summed E-state index contributed by atoms with van der Waals surface area (Å²) in [6.45, 7) is 0.984. The fraction of sp³-hybridized carbons (Fsp3) is 0.312. The molecule has 120 valence electrons. The van der Waals surface area contributed by atoms with Gasteiger partial charge in [0, 0.05) is 35.7 Å². The third-order valence-corrected chi connectivity index (χ3v) is 4.26. The van der Waals surface area contributed by atoms with Crippen LogP contribution in [0.15, 0.2) is 34.9 Å². The van der Waals surface area contributed by atoms with Crippen LogP contribution in [0.25, 0.3) is 11.3 Å². The zero-order chi connectivity index (χ0) is 16.4. The van der Waals surface area contributed by atoms with Crippen molar-refractivity contribution in [2.24, 2.45) is 11.7 Å². The molecule has 1 aliphatic heterocycles. The number of nitrogens with two attached hydrogens (primary N) is 1. The molecule has 2 heterocycles. The molecule has 1 fully saturated rings. The van der Waals surface area contributed by atoms with Gasteiger partial charge in [0.15, 0.2) is 11.5 Å². The lowest BCUT2D eigenvalue weighted by Crippen LogP contribution is -2.41. The number of hydrogen-bond donors (Lipinski definition) is 1. The highest BCUT2D eigenvalue weighted by Crippen LogP contribution is 2.25. The zero-order valence-electron chi connectivity index (χ0n) is 12.4. The summed E-state index contributed by atoms with van der Waals surface area (Å²) in [7, 11) is 0. The van der Waals surface area contributed by atoms with Crippen molar-refractivity contribution in [3.8, 4) is 11.3 Å². The van der Waals surface area contributed by atoms with Gasteiger partial charge in [-0.15, -0.1) is 0 Å². The standard InChI is InChI=1S/C16H16ClN3O3/c17-12-3-1-2-11(8-12)14-9-13(19-23-14)16(22)20-6-4-10(5-7-20)15(18)21/h1-3,8-10H,4-7H2,(H2,18,21). The van der Waals surface area contributed by atoms with Crippen LogP contribution in [0, 0.1) is 5.92 Å². The van der Waals surface area contributed by atoms with Gasteiger partial charge in [-0.25, -0.2) is 0 Å². The van der Waals surface area contributed by atoms with Crippen molar-refractivity contribution >= 4 is 23.4 Å². The maximum atomic E-state index is 12.4. The van der Waals surface area contributed by atoms with Crippen LogP contribution in [0.5, 0.6) is 0 Å². The van der Waals surface area contributed by atoms with E-state index in [1.165, 1.54) is 0 Å². The van der Waals surface area contributed by atoms with Crippen molar-refractivity contribution in [2.75, 3.05) is 13.1 Å². The molecule has 1 aromatic heterocycles. The minimum atomic E-state index is -0.304. The SMILES string of the molecule is NC(=O)C1CCN(C(=O)c2cc(-c3cccc(Cl)c3)on2)CC1. The number of hydrogen-bond acceptors (Lipinski definition) is 4. The van der Waals surface area contributed by atoms with Gasteiger partial charge in [-0.3, -0.25) is 9.59 Å². The van der Waals surface area contributed by atoms with Gasteiger partial charge in [0.1, 0.15) is 0 Å². The Balaban J connectivity index is 1.71. The number of amides is 2. The quantitative estimate of drug-likeness (QED) is 0.933. The van der Waals surface area contributed by atoms with Gasteiger partial charge < -0.3 is 15.2 Å². The lowest BCUT2D eigenvalue weighted by atomic mass is 9.96. The Morgan fingerprint density at radius 2 is 2.00 bits per heavy atom. The highest BCUT2D eigenvalue weighted by Gasteiger charge is 2.28. The summed E-state index contributed by atoms with van der Waals surface area (Å²) in [5, 5.41) is 4.43. The van der Waals surface area contributed by atoms with Crippen molar-refractivity contribution < 1.29 is 14.1 Å². The Kier molecular flexibility index (Phi) is 4.34. The first-order valence-corrected chi connectivity index (χ1v) is 7.73. The van der Waals surface area contributed by atoms with E-state index >= 15 is 0 Å². The van der Waals surface area contributed by atoms with Crippen molar-refractivity contribution in [2.45, 2.75) is 12.8 Å². The Bertz CT molecular complexity index is 736. The molecule has 2 aromatic rings. The van der Waals surface area contributed by atoms with E-state index in [-0.39, 0.29) is 23.4 Å². The molecule has 23 heavy (non-hydrogen) atoms. The molecular weight excluding hydrogens is 318 g/mol. The van der Waals surface area contributed by atoms with Crippen molar-refractivity contribution in [3.63, 3.8) is 0 Å². The molecule has 0 radical (unpaired) electrons. The summed E-state index contributed by atoms with van der Waals surface area (Å²) in [6.07, 6.45) is 1.17. The molecule has 1 saturated heterocycles. The van der Waals surface area contributed by atoms with Crippen molar-refractivity contribution in [3.05, 3.63) is 41.0 Å². The molecule has 1 aromatic carbocycles. The number of rotatable bonds is 3. The predicted octanol–water partition coefficient (Wildman–Crippen LogP) is 2.33. The number of aromatic nitrogens is 1. The molecule has 0 saturated carbocycles. The molecule has 2 amide bonds. The van der Waals surface area contributed by atoms with Crippen LogP contribution in [-0.4, -0.2) is 35.0 Å². The first-order valence-electron chi connectivity index (χ1n) is 7.36. The van der Waals surface area contributed by atoms with E-state index in [0.29, 0.717) is 36.7 Å². The number of carbonyl (C=O) groups is 2. The molecule has 0 aliphatic carbocycles. The second-order valence-corrected chi connectivity index (χ2v) is 5.99. The number of piperidine rings is 1. The molecule has 0 bridgehead atoms. The molecule has 1 aliphatic rings. The third-order valence-electron chi connectivity index (χ3n) is 4.02. The van der Waals surface area contributed by atoms with Crippen LogP contribution in [0.2, 0.25) is 5.02 Å². The first kappa shape index (κ1) is 15.6. The van der Waals surface area contributed by atoms with Gasteiger partial charge in [-0.1, -0.05) is 28.9 Å². The average Bonchev–Trinajstić information content (AvgIpc) is 3.04. The van der Waals surface area contributed by atoms with E-state index < -0.39 is 0 Å². The van der Waals surface area contributed by atoms with Gasteiger partial charge in [0.2, 0.25) is 5.91 Å². The monoisotopic (exact) mass is 333 g/mol. The summed E-state index contributed by atoms with van der Waals surface area (Å²) in [5.74, 6) is -0.173.